The molecule has 3 fully saturated rings. The average Bonchev–Trinajstić information content (AvgIpc) is 3.43. The second kappa shape index (κ2) is 9.84. The van der Waals surface area contributed by atoms with Gasteiger partial charge in [0.1, 0.15) is 0 Å². The van der Waals surface area contributed by atoms with E-state index in [1.165, 1.54) is 76.1 Å². The van der Waals surface area contributed by atoms with Gasteiger partial charge in [-0.3, -0.25) is 4.99 Å². The van der Waals surface area contributed by atoms with E-state index in [0.29, 0.717) is 0 Å². The van der Waals surface area contributed by atoms with Gasteiger partial charge in [0.05, 0.1) is 0 Å². The monoisotopic (exact) mass is 397 g/mol. The molecule has 0 aliphatic carbocycles. The minimum Gasteiger partial charge on any atom is -0.372 e. The number of aliphatic imine (C=N–C) groups is 1. The van der Waals surface area contributed by atoms with Crippen LogP contribution >= 0.6 is 0 Å². The molecule has 1 aromatic rings. The van der Waals surface area contributed by atoms with E-state index >= 15 is 0 Å². The molecule has 0 amide bonds. The van der Waals surface area contributed by atoms with Crippen molar-refractivity contribution >= 4 is 11.6 Å². The van der Waals surface area contributed by atoms with Crippen LogP contribution in [0.25, 0.3) is 0 Å². The molecular formula is C24H39N5. The minimum atomic E-state index is 0.790. The number of hydrogen-bond donors (Lipinski definition) is 1. The van der Waals surface area contributed by atoms with Crippen LogP contribution in [0.1, 0.15) is 44.6 Å². The van der Waals surface area contributed by atoms with E-state index in [1.807, 2.05) is 7.05 Å². The van der Waals surface area contributed by atoms with Gasteiger partial charge < -0.3 is 20.0 Å². The minimum absolute atomic E-state index is 0.790. The highest BCUT2D eigenvalue weighted by molar-refractivity contribution is 5.80. The first-order valence-electron chi connectivity index (χ1n) is 11.7. The van der Waals surface area contributed by atoms with Crippen molar-refractivity contribution in [3.63, 3.8) is 0 Å². The number of piperidine rings is 1. The fourth-order valence-corrected chi connectivity index (χ4v) is 5.11. The highest BCUT2D eigenvalue weighted by Crippen LogP contribution is 2.23. The Balaban J connectivity index is 1.24. The van der Waals surface area contributed by atoms with E-state index in [1.54, 1.807) is 0 Å². The summed E-state index contributed by atoms with van der Waals surface area (Å²) in [6.45, 7) is 11.7. The van der Waals surface area contributed by atoms with E-state index in [2.05, 4.69) is 56.2 Å². The molecule has 4 rings (SSSR count). The molecule has 3 aliphatic rings. The standard InChI is InChI=1S/C24H39N5/c1-20-9-14-28(15-10-20)23-7-5-21(6-8-23)17-26-24(25-2)29-16-11-22(19-29)18-27-12-3-4-13-27/h5-8,20,22H,3-4,9-19H2,1-2H3,(H,25,26). The molecular weight excluding hydrogens is 358 g/mol. The molecule has 0 spiro atoms. The van der Waals surface area contributed by atoms with Crippen LogP contribution in [-0.4, -0.2) is 68.6 Å². The van der Waals surface area contributed by atoms with Gasteiger partial charge in [-0.25, -0.2) is 0 Å². The Labute approximate surface area is 177 Å². The van der Waals surface area contributed by atoms with Gasteiger partial charge in [-0.2, -0.15) is 0 Å². The van der Waals surface area contributed by atoms with Crippen LogP contribution < -0.4 is 10.2 Å². The van der Waals surface area contributed by atoms with Crippen molar-refractivity contribution in [3.05, 3.63) is 29.8 Å². The van der Waals surface area contributed by atoms with Crippen molar-refractivity contribution in [1.82, 2.24) is 15.1 Å². The van der Waals surface area contributed by atoms with Crippen molar-refractivity contribution in [2.45, 2.75) is 45.6 Å². The Hall–Kier alpha value is -1.75. The van der Waals surface area contributed by atoms with E-state index in [4.69, 9.17) is 0 Å². The summed E-state index contributed by atoms with van der Waals surface area (Å²) >= 11 is 0. The number of nitrogens with one attached hydrogen (secondary N) is 1. The molecule has 5 heteroatoms. The molecule has 0 saturated carbocycles. The summed E-state index contributed by atoms with van der Waals surface area (Å²) in [6, 6.07) is 9.12. The smallest absolute Gasteiger partial charge is 0.193 e. The molecule has 5 nitrogen and oxygen atoms in total. The molecule has 1 unspecified atom stereocenters. The van der Waals surface area contributed by atoms with Crippen LogP contribution in [0.3, 0.4) is 0 Å². The van der Waals surface area contributed by atoms with Gasteiger partial charge in [-0.1, -0.05) is 19.1 Å². The fraction of sp³-hybridized carbons (Fsp3) is 0.708. The van der Waals surface area contributed by atoms with Crippen LogP contribution in [0.4, 0.5) is 5.69 Å². The van der Waals surface area contributed by atoms with Crippen molar-refractivity contribution in [3.8, 4) is 0 Å². The molecule has 160 valence electrons. The Morgan fingerprint density at radius 3 is 2.41 bits per heavy atom. The summed E-state index contributed by atoms with van der Waals surface area (Å²) in [5.41, 5.74) is 2.70. The van der Waals surface area contributed by atoms with Crippen LogP contribution in [0, 0.1) is 11.8 Å². The zero-order valence-electron chi connectivity index (χ0n) is 18.4. The molecule has 3 aliphatic heterocycles. The number of likely N-dealkylation sites (tertiary alicyclic amines) is 2. The number of nitrogens with zero attached hydrogens (tertiary/aromatic N) is 4. The third kappa shape index (κ3) is 5.44. The lowest BCUT2D eigenvalue weighted by Gasteiger charge is -2.32. The molecule has 1 atom stereocenters. The van der Waals surface area contributed by atoms with Crippen LogP contribution in [-0.2, 0) is 6.54 Å². The normalized spacial score (nSPS) is 24.5. The lowest BCUT2D eigenvalue weighted by molar-refractivity contribution is 0.281. The fourth-order valence-electron chi connectivity index (χ4n) is 5.11. The van der Waals surface area contributed by atoms with Crippen molar-refractivity contribution in [1.29, 1.82) is 0 Å². The number of rotatable bonds is 5. The topological polar surface area (TPSA) is 34.1 Å². The second-order valence-electron chi connectivity index (χ2n) is 9.35. The number of benzene rings is 1. The average molecular weight is 398 g/mol. The van der Waals surface area contributed by atoms with Gasteiger partial charge in [0.25, 0.3) is 0 Å². The van der Waals surface area contributed by atoms with Crippen LogP contribution in [0.15, 0.2) is 29.3 Å². The summed E-state index contributed by atoms with van der Waals surface area (Å²) < 4.78 is 0. The summed E-state index contributed by atoms with van der Waals surface area (Å²) in [6.07, 6.45) is 6.69. The molecule has 1 N–H and O–H groups in total. The van der Waals surface area contributed by atoms with Gasteiger partial charge in [0.15, 0.2) is 5.96 Å². The predicted octanol–water partition coefficient (Wildman–Crippen LogP) is 3.42. The summed E-state index contributed by atoms with van der Waals surface area (Å²) in [7, 11) is 1.91. The van der Waals surface area contributed by atoms with Crippen molar-refractivity contribution in [2.75, 3.05) is 57.8 Å². The van der Waals surface area contributed by atoms with Gasteiger partial charge in [-0.05, 0) is 74.7 Å². The molecule has 0 bridgehead atoms. The van der Waals surface area contributed by atoms with Crippen LogP contribution in [0.5, 0.6) is 0 Å². The largest absolute Gasteiger partial charge is 0.372 e. The summed E-state index contributed by atoms with van der Waals surface area (Å²) in [4.78, 5) is 12.2. The maximum Gasteiger partial charge on any atom is 0.193 e. The highest BCUT2D eigenvalue weighted by Gasteiger charge is 2.27. The molecule has 1 aromatic carbocycles. The molecule has 3 heterocycles. The molecule has 0 radical (unpaired) electrons. The maximum absolute atomic E-state index is 4.56. The zero-order valence-corrected chi connectivity index (χ0v) is 18.4. The third-order valence-corrected chi connectivity index (χ3v) is 7.05. The maximum atomic E-state index is 4.56. The highest BCUT2D eigenvalue weighted by atomic mass is 15.3. The lowest BCUT2D eigenvalue weighted by atomic mass is 9.99. The predicted molar refractivity (Wildman–Crippen MR) is 123 cm³/mol. The zero-order chi connectivity index (χ0) is 20.1. The molecule has 3 saturated heterocycles. The van der Waals surface area contributed by atoms with Crippen LogP contribution in [0.2, 0.25) is 0 Å². The van der Waals surface area contributed by atoms with E-state index in [-0.39, 0.29) is 0 Å². The summed E-state index contributed by atoms with van der Waals surface area (Å²) in [5.74, 6) is 2.73. The van der Waals surface area contributed by atoms with Crippen molar-refractivity contribution < 1.29 is 0 Å². The van der Waals surface area contributed by atoms with Gasteiger partial charge in [-0.15, -0.1) is 0 Å². The first-order chi connectivity index (χ1) is 14.2. The lowest BCUT2D eigenvalue weighted by Crippen LogP contribution is -2.40. The van der Waals surface area contributed by atoms with Crippen molar-refractivity contribution in [2.24, 2.45) is 16.8 Å². The van der Waals surface area contributed by atoms with E-state index < -0.39 is 0 Å². The number of anilines is 1. The Kier molecular flexibility index (Phi) is 6.96. The first kappa shape index (κ1) is 20.5. The quantitative estimate of drug-likeness (QED) is 0.610. The number of guanidine groups is 1. The number of hydrogen-bond acceptors (Lipinski definition) is 3. The molecule has 0 aromatic heterocycles. The third-order valence-electron chi connectivity index (χ3n) is 7.05. The Morgan fingerprint density at radius 2 is 1.72 bits per heavy atom. The second-order valence-corrected chi connectivity index (χ2v) is 9.35. The van der Waals surface area contributed by atoms with E-state index in [0.717, 1.165) is 37.4 Å². The van der Waals surface area contributed by atoms with Gasteiger partial charge in [0, 0.05) is 52.0 Å². The molecule has 29 heavy (non-hydrogen) atoms. The summed E-state index contributed by atoms with van der Waals surface area (Å²) in [5, 5.41) is 3.60. The van der Waals surface area contributed by atoms with E-state index in [9.17, 15) is 0 Å². The Morgan fingerprint density at radius 1 is 1.00 bits per heavy atom. The SMILES string of the molecule is CN=C(NCc1ccc(N2CCC(C)CC2)cc1)N1CCC(CN2CCCC2)C1. The first-order valence-corrected chi connectivity index (χ1v) is 11.7. The Bertz CT molecular complexity index is 656. The van der Waals surface area contributed by atoms with Gasteiger partial charge >= 0.3 is 0 Å². The van der Waals surface area contributed by atoms with Gasteiger partial charge in [0.2, 0.25) is 0 Å².